The second kappa shape index (κ2) is 5.31. The molecule has 5 heteroatoms. The van der Waals surface area contributed by atoms with E-state index in [-0.39, 0.29) is 12.0 Å². The molecule has 0 N–H and O–H groups in total. The fraction of sp³-hybridized carbons (Fsp3) is 0.615. The summed E-state index contributed by atoms with van der Waals surface area (Å²) in [5.41, 5.74) is 0. The first-order valence-corrected chi connectivity index (χ1v) is 8.09. The normalized spacial score (nSPS) is 27.9. The van der Waals surface area contributed by atoms with Gasteiger partial charge in [-0.2, -0.15) is 0 Å². The number of hydrogen-bond donors (Lipinski definition) is 0. The minimum absolute atomic E-state index is 0.172. The zero-order chi connectivity index (χ0) is 12.5. The van der Waals surface area contributed by atoms with Crippen molar-refractivity contribution in [3.63, 3.8) is 0 Å². The molecule has 1 amide bonds. The molecule has 0 radical (unpaired) electrons. The quantitative estimate of drug-likeness (QED) is 0.791. The zero-order valence-corrected chi connectivity index (χ0v) is 12.5. The topological polar surface area (TPSA) is 29.5 Å². The Labute approximate surface area is 119 Å². The Balaban J connectivity index is 1.79. The SMILES string of the molecule is O=C(c1cc(Br)cs1)N1CCO[C@H]2CCCC[C@@H]21. The Morgan fingerprint density at radius 1 is 1.44 bits per heavy atom. The first-order chi connectivity index (χ1) is 8.75. The lowest BCUT2D eigenvalue weighted by molar-refractivity contribution is -0.0751. The molecule has 1 aliphatic carbocycles. The van der Waals surface area contributed by atoms with Crippen molar-refractivity contribution in [2.45, 2.75) is 37.8 Å². The Morgan fingerprint density at radius 2 is 2.28 bits per heavy atom. The number of hydrogen-bond acceptors (Lipinski definition) is 3. The van der Waals surface area contributed by atoms with Gasteiger partial charge in [0, 0.05) is 16.4 Å². The second-order valence-electron chi connectivity index (χ2n) is 4.89. The van der Waals surface area contributed by atoms with Crippen molar-refractivity contribution in [3.05, 3.63) is 20.8 Å². The summed E-state index contributed by atoms with van der Waals surface area (Å²) in [5, 5.41) is 1.96. The minimum atomic E-state index is 0.172. The number of thiophene rings is 1. The highest BCUT2D eigenvalue weighted by molar-refractivity contribution is 9.10. The monoisotopic (exact) mass is 329 g/mol. The first-order valence-electron chi connectivity index (χ1n) is 6.42. The number of carbonyl (C=O) groups is 1. The molecular weight excluding hydrogens is 314 g/mol. The third kappa shape index (κ3) is 2.36. The van der Waals surface area contributed by atoms with Crippen LogP contribution in [-0.4, -0.2) is 36.1 Å². The number of rotatable bonds is 1. The lowest BCUT2D eigenvalue weighted by Crippen LogP contribution is -2.54. The summed E-state index contributed by atoms with van der Waals surface area (Å²) in [5.74, 6) is 0.172. The van der Waals surface area contributed by atoms with Gasteiger partial charge in [0.2, 0.25) is 0 Å². The Morgan fingerprint density at radius 3 is 3.06 bits per heavy atom. The number of nitrogens with zero attached hydrogens (tertiary/aromatic N) is 1. The molecule has 1 saturated carbocycles. The lowest BCUT2D eigenvalue weighted by atomic mass is 9.90. The molecule has 1 aromatic rings. The highest BCUT2D eigenvalue weighted by Crippen LogP contribution is 2.30. The van der Waals surface area contributed by atoms with E-state index in [1.807, 2.05) is 16.3 Å². The molecule has 0 bridgehead atoms. The smallest absolute Gasteiger partial charge is 0.264 e. The van der Waals surface area contributed by atoms with E-state index in [0.717, 1.165) is 28.7 Å². The van der Waals surface area contributed by atoms with Crippen LogP contribution in [-0.2, 0) is 4.74 Å². The highest BCUT2D eigenvalue weighted by Gasteiger charge is 2.37. The van der Waals surface area contributed by atoms with Crippen molar-refractivity contribution in [2.75, 3.05) is 13.2 Å². The fourth-order valence-corrected chi connectivity index (χ4v) is 4.30. The molecule has 1 aliphatic heterocycles. The summed E-state index contributed by atoms with van der Waals surface area (Å²) in [6.45, 7) is 1.41. The summed E-state index contributed by atoms with van der Waals surface area (Å²) in [6, 6.07) is 2.21. The molecule has 0 aromatic carbocycles. The van der Waals surface area contributed by atoms with Gasteiger partial charge in [-0.3, -0.25) is 4.79 Å². The van der Waals surface area contributed by atoms with Crippen LogP contribution in [0.3, 0.4) is 0 Å². The van der Waals surface area contributed by atoms with Crippen LogP contribution in [0, 0.1) is 0 Å². The van der Waals surface area contributed by atoms with E-state index in [2.05, 4.69) is 15.9 Å². The number of morpholine rings is 1. The van der Waals surface area contributed by atoms with E-state index in [4.69, 9.17) is 4.74 Å². The number of halogens is 1. The summed E-state index contributed by atoms with van der Waals surface area (Å²) in [4.78, 5) is 15.4. The summed E-state index contributed by atoms with van der Waals surface area (Å²) < 4.78 is 6.79. The number of fused-ring (bicyclic) bond motifs is 1. The third-order valence-electron chi connectivity index (χ3n) is 3.77. The van der Waals surface area contributed by atoms with Gasteiger partial charge < -0.3 is 9.64 Å². The molecule has 2 aliphatic rings. The lowest BCUT2D eigenvalue weighted by Gasteiger charge is -2.43. The van der Waals surface area contributed by atoms with Gasteiger partial charge in [0.05, 0.1) is 23.6 Å². The van der Waals surface area contributed by atoms with Crippen molar-refractivity contribution >= 4 is 33.2 Å². The Kier molecular flexibility index (Phi) is 3.73. The minimum Gasteiger partial charge on any atom is -0.374 e. The van der Waals surface area contributed by atoms with Gasteiger partial charge in [-0.25, -0.2) is 0 Å². The Bertz CT molecular complexity index is 446. The van der Waals surface area contributed by atoms with Crippen molar-refractivity contribution in [3.8, 4) is 0 Å². The maximum absolute atomic E-state index is 12.5. The second-order valence-corrected chi connectivity index (χ2v) is 6.72. The number of amides is 1. The van der Waals surface area contributed by atoms with Crippen LogP contribution in [0.4, 0.5) is 0 Å². The molecular formula is C13H16BrNO2S. The van der Waals surface area contributed by atoms with E-state index in [1.165, 1.54) is 24.2 Å². The molecule has 3 rings (SSSR count). The average molecular weight is 330 g/mol. The largest absolute Gasteiger partial charge is 0.374 e. The van der Waals surface area contributed by atoms with Crippen LogP contribution < -0.4 is 0 Å². The number of ether oxygens (including phenoxy) is 1. The molecule has 1 aromatic heterocycles. The van der Waals surface area contributed by atoms with Crippen LogP contribution in [0.2, 0.25) is 0 Å². The Hall–Kier alpha value is -0.390. The molecule has 2 fully saturated rings. The zero-order valence-electron chi connectivity index (χ0n) is 10.1. The summed E-state index contributed by atoms with van der Waals surface area (Å²) in [7, 11) is 0. The van der Waals surface area contributed by atoms with E-state index in [1.54, 1.807) is 0 Å². The fourth-order valence-electron chi connectivity index (χ4n) is 2.92. The van der Waals surface area contributed by atoms with Gasteiger partial charge in [0.1, 0.15) is 0 Å². The number of carbonyl (C=O) groups excluding carboxylic acids is 1. The summed E-state index contributed by atoms with van der Waals surface area (Å²) >= 11 is 4.92. The predicted octanol–water partition coefficient (Wildman–Crippen LogP) is 3.29. The van der Waals surface area contributed by atoms with Crippen molar-refractivity contribution in [2.24, 2.45) is 0 Å². The predicted molar refractivity (Wildman–Crippen MR) is 75.1 cm³/mol. The summed E-state index contributed by atoms with van der Waals surface area (Å²) in [6.07, 6.45) is 4.89. The van der Waals surface area contributed by atoms with Crippen molar-refractivity contribution in [1.82, 2.24) is 4.90 Å². The van der Waals surface area contributed by atoms with Crippen LogP contribution in [0.5, 0.6) is 0 Å². The molecule has 0 unspecified atom stereocenters. The van der Waals surface area contributed by atoms with E-state index >= 15 is 0 Å². The average Bonchev–Trinajstić information content (AvgIpc) is 2.84. The van der Waals surface area contributed by atoms with Crippen LogP contribution >= 0.6 is 27.3 Å². The molecule has 2 heterocycles. The van der Waals surface area contributed by atoms with Gasteiger partial charge in [-0.1, -0.05) is 12.8 Å². The van der Waals surface area contributed by atoms with E-state index in [9.17, 15) is 4.79 Å². The van der Waals surface area contributed by atoms with Crippen molar-refractivity contribution in [1.29, 1.82) is 0 Å². The molecule has 2 atom stereocenters. The van der Waals surface area contributed by atoms with E-state index in [0.29, 0.717) is 12.6 Å². The molecule has 18 heavy (non-hydrogen) atoms. The molecule has 1 saturated heterocycles. The van der Waals surface area contributed by atoms with Crippen LogP contribution in [0.25, 0.3) is 0 Å². The standard InChI is InChI=1S/C13H16BrNO2S/c14-9-7-12(18-8-9)13(16)15-5-6-17-11-4-2-1-3-10(11)15/h7-8,10-11H,1-6H2/t10-,11-/m0/s1. The highest BCUT2D eigenvalue weighted by atomic mass is 79.9. The van der Waals surface area contributed by atoms with Gasteiger partial charge >= 0.3 is 0 Å². The first kappa shape index (κ1) is 12.6. The van der Waals surface area contributed by atoms with Crippen LogP contribution in [0.1, 0.15) is 35.4 Å². The third-order valence-corrected chi connectivity index (χ3v) is 5.45. The van der Waals surface area contributed by atoms with Gasteiger partial charge in [-0.15, -0.1) is 11.3 Å². The maximum atomic E-state index is 12.5. The molecule has 3 nitrogen and oxygen atoms in total. The van der Waals surface area contributed by atoms with Crippen molar-refractivity contribution < 1.29 is 9.53 Å². The maximum Gasteiger partial charge on any atom is 0.264 e. The molecule has 98 valence electrons. The van der Waals surface area contributed by atoms with Gasteiger partial charge in [0.25, 0.3) is 5.91 Å². The van der Waals surface area contributed by atoms with Crippen LogP contribution in [0.15, 0.2) is 15.9 Å². The van der Waals surface area contributed by atoms with E-state index < -0.39 is 0 Å². The molecule has 0 spiro atoms. The van der Waals surface area contributed by atoms with Gasteiger partial charge in [-0.05, 0) is 34.8 Å². The van der Waals surface area contributed by atoms with Gasteiger partial charge in [0.15, 0.2) is 0 Å².